The van der Waals surface area contributed by atoms with Crippen molar-refractivity contribution in [1.82, 2.24) is 4.98 Å². The van der Waals surface area contributed by atoms with Gasteiger partial charge in [-0.15, -0.1) is 0 Å². The lowest BCUT2D eigenvalue weighted by Gasteiger charge is -2.14. The Balaban J connectivity index is 1.90. The van der Waals surface area contributed by atoms with Gasteiger partial charge in [0.1, 0.15) is 5.75 Å². The van der Waals surface area contributed by atoms with E-state index in [4.69, 9.17) is 10.5 Å². The van der Waals surface area contributed by atoms with Crippen LogP contribution in [0.4, 0.5) is 0 Å². The summed E-state index contributed by atoms with van der Waals surface area (Å²) in [4.78, 5) is 4.02. The van der Waals surface area contributed by atoms with Crippen molar-refractivity contribution in [3.8, 4) is 5.75 Å². The molecule has 1 aromatic carbocycles. The normalized spacial score (nSPS) is 12.4. The number of nitrogens with zero attached hydrogens (tertiary/aromatic N) is 1. The first-order valence-electron chi connectivity index (χ1n) is 7.06. The molecule has 106 valence electrons. The lowest BCUT2D eigenvalue weighted by Crippen LogP contribution is -2.11. The Kier molecular flexibility index (Phi) is 5.13. The van der Waals surface area contributed by atoms with E-state index >= 15 is 0 Å². The van der Waals surface area contributed by atoms with Crippen molar-refractivity contribution >= 4 is 0 Å². The predicted molar refractivity (Wildman–Crippen MR) is 81.7 cm³/mol. The number of pyridine rings is 1. The van der Waals surface area contributed by atoms with Crippen LogP contribution in [0, 0.1) is 0 Å². The van der Waals surface area contributed by atoms with E-state index in [-0.39, 0.29) is 12.1 Å². The van der Waals surface area contributed by atoms with Gasteiger partial charge in [0.15, 0.2) is 0 Å². The van der Waals surface area contributed by atoms with Crippen LogP contribution in [0.2, 0.25) is 0 Å². The molecule has 0 radical (unpaired) electrons. The smallest absolute Gasteiger partial charge is 0.119 e. The molecule has 3 nitrogen and oxygen atoms in total. The van der Waals surface area contributed by atoms with Crippen LogP contribution in [0.3, 0.4) is 0 Å². The molecule has 1 aromatic heterocycles. The molecule has 2 N–H and O–H groups in total. The van der Waals surface area contributed by atoms with Gasteiger partial charge in [-0.25, -0.2) is 0 Å². The minimum Gasteiger partial charge on any atom is -0.491 e. The third kappa shape index (κ3) is 4.35. The lowest BCUT2D eigenvalue weighted by atomic mass is 10.0. The Labute approximate surface area is 120 Å². The zero-order valence-electron chi connectivity index (χ0n) is 12.1. The number of aromatic nitrogens is 1. The van der Waals surface area contributed by atoms with Crippen LogP contribution < -0.4 is 10.5 Å². The summed E-state index contributed by atoms with van der Waals surface area (Å²) in [5.41, 5.74) is 8.66. The molecule has 2 aromatic rings. The fourth-order valence-corrected chi connectivity index (χ4v) is 2.10. The molecule has 0 bridgehead atoms. The number of hydrogen-bond acceptors (Lipinski definition) is 3. The molecule has 2 rings (SSSR count). The molecule has 0 amide bonds. The van der Waals surface area contributed by atoms with E-state index in [0.717, 1.165) is 24.2 Å². The van der Waals surface area contributed by atoms with E-state index in [0.29, 0.717) is 0 Å². The average molecular weight is 270 g/mol. The first-order valence-corrected chi connectivity index (χ1v) is 7.06. The molecule has 1 unspecified atom stereocenters. The Morgan fingerprint density at radius 3 is 2.30 bits per heavy atom. The molecule has 0 aliphatic rings. The van der Waals surface area contributed by atoms with Crippen LogP contribution in [0.1, 0.15) is 37.4 Å². The lowest BCUT2D eigenvalue weighted by molar-refractivity contribution is 0.242. The minimum absolute atomic E-state index is 0.0521. The summed E-state index contributed by atoms with van der Waals surface area (Å²) in [6.45, 7) is 4.04. The van der Waals surface area contributed by atoms with Gasteiger partial charge >= 0.3 is 0 Å². The quantitative estimate of drug-likeness (QED) is 0.874. The van der Waals surface area contributed by atoms with Crippen LogP contribution in [0.15, 0.2) is 48.8 Å². The first kappa shape index (κ1) is 14.5. The maximum Gasteiger partial charge on any atom is 0.119 e. The van der Waals surface area contributed by atoms with E-state index < -0.39 is 0 Å². The van der Waals surface area contributed by atoms with Gasteiger partial charge in [-0.2, -0.15) is 0 Å². The Morgan fingerprint density at radius 1 is 1.05 bits per heavy atom. The maximum atomic E-state index is 6.24. The molecule has 0 aliphatic heterocycles. The maximum absolute atomic E-state index is 6.24. The van der Waals surface area contributed by atoms with Gasteiger partial charge in [0.2, 0.25) is 0 Å². The van der Waals surface area contributed by atoms with Crippen molar-refractivity contribution in [2.75, 3.05) is 0 Å². The van der Waals surface area contributed by atoms with Crippen LogP contribution in [-0.4, -0.2) is 11.1 Å². The number of benzene rings is 1. The summed E-state index contributed by atoms with van der Waals surface area (Å²) in [6, 6.07) is 12.2. The molecule has 0 saturated carbocycles. The number of nitrogens with two attached hydrogens (primary N) is 1. The molecule has 0 aliphatic carbocycles. The predicted octanol–water partition coefficient (Wildman–Crippen LogP) is 3.50. The number of aryl methyl sites for hydroxylation is 1. The van der Waals surface area contributed by atoms with Gasteiger partial charge in [-0.05, 0) is 62.1 Å². The number of ether oxygens (including phenoxy) is 1. The molecular weight excluding hydrogens is 248 g/mol. The van der Waals surface area contributed by atoms with E-state index in [1.165, 1.54) is 5.56 Å². The topological polar surface area (TPSA) is 48.1 Å². The zero-order chi connectivity index (χ0) is 14.4. The van der Waals surface area contributed by atoms with Gasteiger partial charge in [0.05, 0.1) is 6.10 Å². The van der Waals surface area contributed by atoms with Crippen molar-refractivity contribution in [2.45, 2.75) is 38.8 Å². The fraction of sp³-hybridized carbons (Fsp3) is 0.353. The second-order valence-electron chi connectivity index (χ2n) is 5.24. The summed E-state index contributed by atoms with van der Waals surface area (Å²) in [6.07, 6.45) is 5.72. The molecule has 0 saturated heterocycles. The molecule has 1 atom stereocenters. The van der Waals surface area contributed by atoms with Crippen molar-refractivity contribution in [3.05, 3.63) is 59.9 Å². The molecule has 20 heavy (non-hydrogen) atoms. The van der Waals surface area contributed by atoms with Crippen molar-refractivity contribution in [1.29, 1.82) is 0 Å². The van der Waals surface area contributed by atoms with Crippen LogP contribution >= 0.6 is 0 Å². The number of hydrogen-bond donors (Lipinski definition) is 1. The molecule has 1 heterocycles. The van der Waals surface area contributed by atoms with E-state index in [9.17, 15) is 0 Å². The monoisotopic (exact) mass is 270 g/mol. The highest BCUT2D eigenvalue weighted by molar-refractivity contribution is 5.29. The second kappa shape index (κ2) is 7.06. The van der Waals surface area contributed by atoms with Gasteiger partial charge in [-0.1, -0.05) is 12.1 Å². The summed E-state index contributed by atoms with van der Waals surface area (Å²) in [5, 5.41) is 0. The highest BCUT2D eigenvalue weighted by atomic mass is 16.5. The summed E-state index contributed by atoms with van der Waals surface area (Å²) in [5.74, 6) is 0.894. The molecular formula is C17H22N2O. The highest BCUT2D eigenvalue weighted by Gasteiger charge is 2.07. The minimum atomic E-state index is 0.0521. The zero-order valence-corrected chi connectivity index (χ0v) is 12.1. The van der Waals surface area contributed by atoms with E-state index in [2.05, 4.69) is 17.1 Å². The summed E-state index contributed by atoms with van der Waals surface area (Å²) >= 11 is 0. The standard InChI is InChI=1S/C17H22N2O/c1-13(2)20-16-6-4-15(5-7-16)17(18)8-3-14-9-11-19-12-10-14/h4-7,9-13,17H,3,8,18H2,1-2H3. The van der Waals surface area contributed by atoms with Crippen LogP contribution in [0.25, 0.3) is 0 Å². The Bertz CT molecular complexity index is 508. The SMILES string of the molecule is CC(C)Oc1ccc(C(N)CCc2ccncc2)cc1. The average Bonchev–Trinajstić information content (AvgIpc) is 2.46. The van der Waals surface area contributed by atoms with Gasteiger partial charge in [0.25, 0.3) is 0 Å². The third-order valence-corrected chi connectivity index (χ3v) is 3.17. The first-order chi connectivity index (χ1) is 9.65. The van der Waals surface area contributed by atoms with E-state index in [1.807, 2.05) is 50.5 Å². The molecule has 0 spiro atoms. The van der Waals surface area contributed by atoms with E-state index in [1.54, 1.807) is 0 Å². The van der Waals surface area contributed by atoms with Crippen molar-refractivity contribution < 1.29 is 4.74 Å². The van der Waals surface area contributed by atoms with Gasteiger partial charge in [-0.3, -0.25) is 4.98 Å². The largest absolute Gasteiger partial charge is 0.491 e. The van der Waals surface area contributed by atoms with Crippen molar-refractivity contribution in [2.24, 2.45) is 5.73 Å². The van der Waals surface area contributed by atoms with Crippen LogP contribution in [0.5, 0.6) is 5.75 Å². The van der Waals surface area contributed by atoms with Gasteiger partial charge < -0.3 is 10.5 Å². The number of rotatable bonds is 6. The fourth-order valence-electron chi connectivity index (χ4n) is 2.10. The van der Waals surface area contributed by atoms with Crippen LogP contribution in [-0.2, 0) is 6.42 Å². The second-order valence-corrected chi connectivity index (χ2v) is 5.24. The summed E-state index contributed by atoms with van der Waals surface area (Å²) in [7, 11) is 0. The molecule has 0 fully saturated rings. The Morgan fingerprint density at radius 2 is 1.70 bits per heavy atom. The Hall–Kier alpha value is -1.87. The highest BCUT2D eigenvalue weighted by Crippen LogP contribution is 2.20. The summed E-state index contributed by atoms with van der Waals surface area (Å²) < 4.78 is 5.63. The third-order valence-electron chi connectivity index (χ3n) is 3.17. The molecule has 3 heteroatoms. The van der Waals surface area contributed by atoms with Crippen molar-refractivity contribution in [3.63, 3.8) is 0 Å². The van der Waals surface area contributed by atoms with Gasteiger partial charge in [0, 0.05) is 18.4 Å².